The van der Waals surface area contributed by atoms with Crippen LogP contribution in [0.3, 0.4) is 0 Å². The third-order valence-electron chi connectivity index (χ3n) is 8.76. The summed E-state index contributed by atoms with van der Waals surface area (Å²) in [7, 11) is 2.07. The van der Waals surface area contributed by atoms with Crippen molar-refractivity contribution in [3.63, 3.8) is 0 Å². The van der Waals surface area contributed by atoms with Crippen molar-refractivity contribution in [1.29, 1.82) is 5.26 Å². The third kappa shape index (κ3) is 6.30. The lowest BCUT2D eigenvalue weighted by Crippen LogP contribution is -2.55. The monoisotopic (exact) mass is 592 g/mol. The van der Waals surface area contributed by atoms with Crippen molar-refractivity contribution in [2.75, 3.05) is 44.7 Å². The lowest BCUT2D eigenvalue weighted by Gasteiger charge is -2.41. The van der Waals surface area contributed by atoms with Crippen molar-refractivity contribution in [1.82, 2.24) is 19.8 Å². The van der Waals surface area contributed by atoms with Crippen LogP contribution in [0.4, 0.5) is 10.2 Å². The highest BCUT2D eigenvalue weighted by molar-refractivity contribution is 7.79. The Morgan fingerprint density at radius 3 is 2.79 bits per heavy atom. The van der Waals surface area contributed by atoms with E-state index in [1.54, 1.807) is 11.0 Å². The Hall–Kier alpha value is -3.49. The van der Waals surface area contributed by atoms with Gasteiger partial charge in [-0.1, -0.05) is 12.6 Å². The zero-order valence-electron chi connectivity index (χ0n) is 24.0. The Labute approximate surface area is 251 Å². The first-order valence-corrected chi connectivity index (χ1v) is 15.2. The molecule has 42 heavy (non-hydrogen) atoms. The van der Waals surface area contributed by atoms with Crippen LogP contribution in [0.5, 0.6) is 6.01 Å². The Morgan fingerprint density at radius 2 is 2.07 bits per heavy atom. The molecule has 1 aromatic carbocycles. The first kappa shape index (κ1) is 30.0. The van der Waals surface area contributed by atoms with Crippen molar-refractivity contribution < 1.29 is 18.7 Å². The summed E-state index contributed by atoms with van der Waals surface area (Å²) in [5.41, 5.74) is 2.79. The fourth-order valence-corrected chi connectivity index (χ4v) is 6.66. The topological polar surface area (TPSA) is 103 Å². The number of anilines is 1. The molecular formula is C31H37FN6O3S. The number of halogens is 1. The number of fused-ring (bicyclic) bond motifs is 1. The van der Waals surface area contributed by atoms with Crippen LogP contribution in [0.2, 0.25) is 0 Å². The first-order valence-electron chi connectivity index (χ1n) is 14.5. The van der Waals surface area contributed by atoms with E-state index < -0.39 is 0 Å². The predicted molar refractivity (Wildman–Crippen MR) is 160 cm³/mol. The molecular weight excluding hydrogens is 555 g/mol. The van der Waals surface area contributed by atoms with Crippen LogP contribution in [0.1, 0.15) is 52.9 Å². The molecule has 0 N–H and O–H groups in total. The minimum absolute atomic E-state index is 0.105. The Bertz CT molecular complexity index is 1400. The summed E-state index contributed by atoms with van der Waals surface area (Å²) in [6, 6.07) is 6.89. The summed E-state index contributed by atoms with van der Waals surface area (Å²) in [5.74, 6) is 0.0701. The number of Topliss-reactive ketones (excluding diaryl/α,β-unsaturated/α-hetero) is 1. The average molecular weight is 593 g/mol. The van der Waals surface area contributed by atoms with Crippen molar-refractivity contribution in [3.8, 4) is 12.1 Å². The Morgan fingerprint density at radius 1 is 1.24 bits per heavy atom. The van der Waals surface area contributed by atoms with E-state index in [0.717, 1.165) is 36.1 Å². The molecule has 2 saturated heterocycles. The smallest absolute Gasteiger partial charge is 0.319 e. The van der Waals surface area contributed by atoms with Gasteiger partial charge >= 0.3 is 6.01 Å². The summed E-state index contributed by atoms with van der Waals surface area (Å²) in [4.78, 5) is 41.9. The van der Waals surface area contributed by atoms with Gasteiger partial charge in [-0.05, 0) is 75.0 Å². The van der Waals surface area contributed by atoms with E-state index in [-0.39, 0.29) is 47.9 Å². The van der Waals surface area contributed by atoms with Gasteiger partial charge in [0.15, 0.2) is 5.78 Å². The largest absolute Gasteiger partial charge is 0.462 e. The SMILES string of the molecule is C=CC(=O)N1CCN(c2nc(OCC3CCCN3C)nc3c2CC[C@@H](Cc2cc(F)ccc2CS)C3=O)CC1CC#N. The molecule has 2 unspecified atom stereocenters. The molecule has 9 nitrogen and oxygen atoms in total. The number of ketones is 1. The second kappa shape index (κ2) is 13.2. The van der Waals surface area contributed by atoms with Gasteiger partial charge in [-0.2, -0.15) is 27.9 Å². The maximum absolute atomic E-state index is 14.1. The van der Waals surface area contributed by atoms with Crippen molar-refractivity contribution >= 4 is 30.1 Å². The van der Waals surface area contributed by atoms with Gasteiger partial charge < -0.3 is 19.4 Å². The van der Waals surface area contributed by atoms with Crippen LogP contribution in [-0.2, 0) is 23.4 Å². The van der Waals surface area contributed by atoms with Crippen LogP contribution in [0.15, 0.2) is 30.9 Å². The Kier molecular flexibility index (Phi) is 9.43. The molecule has 5 rings (SSSR count). The summed E-state index contributed by atoms with van der Waals surface area (Å²) < 4.78 is 20.2. The van der Waals surface area contributed by atoms with Crippen molar-refractivity contribution in [2.45, 2.75) is 56.4 Å². The van der Waals surface area contributed by atoms with E-state index in [9.17, 15) is 19.2 Å². The first-order chi connectivity index (χ1) is 20.3. The minimum Gasteiger partial charge on any atom is -0.462 e. The Balaban J connectivity index is 1.46. The van der Waals surface area contributed by atoms with E-state index in [2.05, 4.69) is 42.2 Å². The molecule has 2 aliphatic heterocycles. The number of hydrogen-bond acceptors (Lipinski definition) is 9. The maximum atomic E-state index is 14.1. The highest BCUT2D eigenvalue weighted by Gasteiger charge is 2.37. The van der Waals surface area contributed by atoms with E-state index in [1.807, 2.05) is 4.90 Å². The van der Waals surface area contributed by atoms with Gasteiger partial charge in [0.25, 0.3) is 0 Å². The molecule has 1 amide bonds. The molecule has 3 heterocycles. The van der Waals surface area contributed by atoms with Crippen molar-refractivity contribution in [3.05, 3.63) is 59.1 Å². The lowest BCUT2D eigenvalue weighted by molar-refractivity contribution is -0.128. The van der Waals surface area contributed by atoms with Crippen LogP contribution in [-0.4, -0.2) is 83.4 Å². The molecule has 1 aliphatic carbocycles. The number of ether oxygens (including phenoxy) is 1. The number of aromatic nitrogens is 2. The number of amides is 1. The minimum atomic E-state index is -0.358. The fraction of sp³-hybridized carbons (Fsp3) is 0.516. The molecule has 11 heteroatoms. The zero-order valence-corrected chi connectivity index (χ0v) is 24.9. The van der Waals surface area contributed by atoms with Crippen molar-refractivity contribution in [2.24, 2.45) is 5.92 Å². The molecule has 1 aromatic heterocycles. The lowest BCUT2D eigenvalue weighted by atomic mass is 9.81. The second-order valence-electron chi connectivity index (χ2n) is 11.3. The maximum Gasteiger partial charge on any atom is 0.319 e. The van der Waals surface area contributed by atoms with Crippen LogP contribution in [0, 0.1) is 23.1 Å². The quantitative estimate of drug-likeness (QED) is 0.348. The molecule has 0 bridgehead atoms. The third-order valence-corrected chi connectivity index (χ3v) is 9.10. The van der Waals surface area contributed by atoms with Crippen LogP contribution < -0.4 is 9.64 Å². The number of benzene rings is 1. The number of carbonyl (C=O) groups excluding carboxylic acids is 2. The summed E-state index contributed by atoms with van der Waals surface area (Å²) in [6.45, 7) is 6.32. The highest BCUT2D eigenvalue weighted by Crippen LogP contribution is 2.35. The molecule has 3 aliphatic rings. The summed E-state index contributed by atoms with van der Waals surface area (Å²) in [6.07, 6.45) is 5.12. The van der Waals surface area contributed by atoms with Gasteiger partial charge in [-0.25, -0.2) is 4.39 Å². The number of likely N-dealkylation sites (tertiary alicyclic amines) is 1. The summed E-state index contributed by atoms with van der Waals surface area (Å²) >= 11 is 4.40. The molecule has 0 spiro atoms. The van der Waals surface area contributed by atoms with Gasteiger partial charge in [0.1, 0.15) is 23.9 Å². The van der Waals surface area contributed by atoms with Gasteiger partial charge in [0, 0.05) is 42.9 Å². The second-order valence-corrected chi connectivity index (χ2v) is 11.6. The highest BCUT2D eigenvalue weighted by atomic mass is 32.1. The number of carbonyl (C=O) groups is 2. The zero-order chi connectivity index (χ0) is 29.8. The number of piperazine rings is 1. The van der Waals surface area contributed by atoms with E-state index in [4.69, 9.17) is 9.72 Å². The van der Waals surface area contributed by atoms with Crippen LogP contribution >= 0.6 is 12.6 Å². The molecule has 2 aromatic rings. The number of likely N-dealkylation sites (N-methyl/N-ethyl adjacent to an activating group) is 1. The number of nitrogens with zero attached hydrogens (tertiary/aromatic N) is 6. The number of hydrogen-bond donors (Lipinski definition) is 1. The standard InChI is InChI=1S/C31H37FN6O3S/c1-3-27(39)38-14-13-37(17-24(38)10-11-33)30-26-9-7-20(15-22-16-23(32)8-6-21(22)19-42)29(40)28(26)34-31(35-30)41-18-25-5-4-12-36(25)2/h3,6,8,16,20,24-25,42H,1,4-5,7,9-10,12-15,17-19H2,2H3/t20-,24?,25?/m0/s1. The van der Waals surface area contributed by atoms with Gasteiger partial charge in [-0.3, -0.25) is 9.59 Å². The molecule has 3 atom stereocenters. The molecule has 2 fully saturated rings. The number of nitriles is 1. The number of rotatable bonds is 9. The van der Waals surface area contributed by atoms with E-state index in [0.29, 0.717) is 62.8 Å². The van der Waals surface area contributed by atoms with Crippen LogP contribution in [0.25, 0.3) is 0 Å². The molecule has 222 valence electrons. The summed E-state index contributed by atoms with van der Waals surface area (Å²) in [5, 5.41) is 9.46. The van der Waals surface area contributed by atoms with Gasteiger partial charge in [0.2, 0.25) is 5.91 Å². The fourth-order valence-electron chi connectivity index (χ4n) is 6.35. The van der Waals surface area contributed by atoms with Gasteiger partial charge in [-0.15, -0.1) is 0 Å². The normalized spacial score (nSPS) is 22.5. The average Bonchev–Trinajstić information content (AvgIpc) is 3.41. The predicted octanol–water partition coefficient (Wildman–Crippen LogP) is 3.62. The van der Waals surface area contributed by atoms with Gasteiger partial charge in [0.05, 0.1) is 18.5 Å². The van der Waals surface area contributed by atoms with E-state index in [1.165, 1.54) is 18.2 Å². The molecule has 0 saturated carbocycles. The number of thiol groups is 1. The molecule has 0 radical (unpaired) electrons. The van der Waals surface area contributed by atoms with E-state index >= 15 is 0 Å².